The van der Waals surface area contributed by atoms with Gasteiger partial charge in [0.25, 0.3) is 24.7 Å². The SMILES string of the molecule is O=C(NC1CCN(C(=O)c2cc(C(F)F)cc(C(F)F)c2)C(Cc2ccccc2)C1)c1cc[n+]([O-])c2ccccc12. The maximum Gasteiger partial charge on any atom is 0.263 e. The number of fused-ring (bicyclic) bond motifs is 1. The molecule has 1 aliphatic rings. The van der Waals surface area contributed by atoms with E-state index in [1.807, 2.05) is 30.3 Å². The number of alkyl halides is 4. The van der Waals surface area contributed by atoms with Crippen LogP contribution in [0.3, 0.4) is 0 Å². The Morgan fingerprint density at radius 1 is 0.927 bits per heavy atom. The van der Waals surface area contributed by atoms with E-state index < -0.39 is 35.9 Å². The molecule has 4 aromatic rings. The molecule has 0 saturated carbocycles. The van der Waals surface area contributed by atoms with Crippen LogP contribution in [0.2, 0.25) is 0 Å². The topological polar surface area (TPSA) is 76.4 Å². The molecule has 41 heavy (non-hydrogen) atoms. The van der Waals surface area contributed by atoms with E-state index in [4.69, 9.17) is 0 Å². The van der Waals surface area contributed by atoms with Crippen molar-refractivity contribution in [3.05, 3.63) is 118 Å². The van der Waals surface area contributed by atoms with Crippen LogP contribution in [0.15, 0.2) is 85.1 Å². The summed E-state index contributed by atoms with van der Waals surface area (Å²) in [5, 5.41) is 15.7. The van der Waals surface area contributed by atoms with Crippen molar-refractivity contribution in [1.82, 2.24) is 10.2 Å². The predicted molar refractivity (Wildman–Crippen MR) is 145 cm³/mol. The van der Waals surface area contributed by atoms with Crippen molar-refractivity contribution in [3.63, 3.8) is 0 Å². The number of hydrogen-bond acceptors (Lipinski definition) is 3. The number of benzene rings is 3. The van der Waals surface area contributed by atoms with Crippen LogP contribution >= 0.6 is 0 Å². The zero-order valence-electron chi connectivity index (χ0n) is 21.9. The van der Waals surface area contributed by atoms with Crippen LogP contribution in [-0.4, -0.2) is 35.3 Å². The van der Waals surface area contributed by atoms with Gasteiger partial charge in [0.05, 0.1) is 10.9 Å². The van der Waals surface area contributed by atoms with Gasteiger partial charge in [-0.2, -0.15) is 4.73 Å². The Bertz CT molecular complexity index is 1540. The van der Waals surface area contributed by atoms with E-state index in [2.05, 4.69) is 5.32 Å². The third kappa shape index (κ3) is 6.16. The van der Waals surface area contributed by atoms with Crippen molar-refractivity contribution in [2.75, 3.05) is 6.54 Å². The van der Waals surface area contributed by atoms with Gasteiger partial charge in [0.1, 0.15) is 0 Å². The lowest BCUT2D eigenvalue weighted by molar-refractivity contribution is -0.577. The summed E-state index contributed by atoms with van der Waals surface area (Å²) in [6.45, 7) is 0.181. The minimum atomic E-state index is -3.01. The van der Waals surface area contributed by atoms with Crippen LogP contribution in [0.25, 0.3) is 10.9 Å². The van der Waals surface area contributed by atoms with Crippen molar-refractivity contribution < 1.29 is 31.9 Å². The summed E-state index contributed by atoms with van der Waals surface area (Å²) < 4.78 is 54.5. The van der Waals surface area contributed by atoms with Gasteiger partial charge < -0.3 is 15.4 Å². The standard InChI is InChI=1S/C31H27F4N3O3/c32-28(33)20-15-21(29(34)35)17-22(16-20)31(40)37-12-10-23(18-24(37)14-19-6-2-1-3-7-19)36-30(39)26-11-13-38(41)27-9-5-4-8-25(26)27/h1-9,11,13,15-17,23-24,28-29H,10,12,14,18H2,(H,36,39). The third-order valence-electron chi connectivity index (χ3n) is 7.41. The normalized spacial score (nSPS) is 17.3. The van der Waals surface area contributed by atoms with Crippen molar-refractivity contribution in [2.24, 2.45) is 0 Å². The smallest absolute Gasteiger partial charge is 0.263 e. The lowest BCUT2D eigenvalue weighted by Crippen LogP contribution is -2.52. The van der Waals surface area contributed by atoms with Crippen LogP contribution in [0.5, 0.6) is 0 Å². The van der Waals surface area contributed by atoms with E-state index in [0.29, 0.717) is 40.5 Å². The molecule has 10 heteroatoms. The molecule has 0 bridgehead atoms. The Balaban J connectivity index is 1.41. The largest absolute Gasteiger partial charge is 0.618 e. The first kappa shape index (κ1) is 28.1. The van der Waals surface area contributed by atoms with E-state index in [-0.39, 0.29) is 24.1 Å². The molecule has 0 spiro atoms. The first-order valence-electron chi connectivity index (χ1n) is 13.2. The van der Waals surface area contributed by atoms with Crippen LogP contribution in [-0.2, 0) is 6.42 Å². The first-order valence-corrected chi connectivity index (χ1v) is 13.2. The summed E-state index contributed by atoms with van der Waals surface area (Å²) in [6, 6.07) is 19.5. The Morgan fingerprint density at radius 3 is 2.27 bits per heavy atom. The van der Waals surface area contributed by atoms with E-state index in [0.717, 1.165) is 23.8 Å². The van der Waals surface area contributed by atoms with Gasteiger partial charge in [-0.1, -0.05) is 42.5 Å². The first-order chi connectivity index (χ1) is 19.7. The third-order valence-corrected chi connectivity index (χ3v) is 7.41. The van der Waals surface area contributed by atoms with Gasteiger partial charge in [0.2, 0.25) is 5.52 Å². The summed E-state index contributed by atoms with van der Waals surface area (Å²) in [5.74, 6) is -0.981. The van der Waals surface area contributed by atoms with Gasteiger partial charge in [0.15, 0.2) is 6.20 Å². The molecule has 1 aliphatic heterocycles. The number of para-hydroxylation sites is 1. The molecule has 6 nitrogen and oxygen atoms in total. The second kappa shape index (κ2) is 12.0. The Morgan fingerprint density at radius 2 is 1.59 bits per heavy atom. The highest BCUT2D eigenvalue weighted by Crippen LogP contribution is 2.30. The average Bonchev–Trinajstić information content (AvgIpc) is 2.97. The molecular formula is C31H27F4N3O3. The van der Waals surface area contributed by atoms with Crippen molar-refractivity contribution >= 4 is 22.7 Å². The van der Waals surface area contributed by atoms with Crippen molar-refractivity contribution in [1.29, 1.82) is 0 Å². The molecule has 2 unspecified atom stereocenters. The maximum absolute atomic E-state index is 13.6. The number of piperidine rings is 1. The maximum atomic E-state index is 13.6. The summed E-state index contributed by atoms with van der Waals surface area (Å²) in [4.78, 5) is 28.4. The number of carbonyl (C=O) groups is 2. The fourth-order valence-electron chi connectivity index (χ4n) is 5.41. The summed E-state index contributed by atoms with van der Waals surface area (Å²) in [5.41, 5.74) is 0.127. The van der Waals surface area contributed by atoms with Gasteiger partial charge in [-0.3, -0.25) is 9.59 Å². The number of likely N-dealkylation sites (tertiary alicyclic amines) is 1. The van der Waals surface area contributed by atoms with Gasteiger partial charge in [-0.25, -0.2) is 17.6 Å². The molecule has 0 aliphatic carbocycles. The van der Waals surface area contributed by atoms with Crippen LogP contribution < -0.4 is 10.0 Å². The highest BCUT2D eigenvalue weighted by atomic mass is 19.3. The number of pyridine rings is 1. The van der Waals surface area contributed by atoms with E-state index in [1.54, 1.807) is 24.3 Å². The number of carbonyl (C=O) groups excluding carboxylic acids is 2. The Kier molecular flexibility index (Phi) is 8.19. The Hall–Kier alpha value is -4.47. The number of nitrogens with zero attached hydrogens (tertiary/aromatic N) is 2. The number of amides is 2. The zero-order valence-corrected chi connectivity index (χ0v) is 21.9. The quantitative estimate of drug-likeness (QED) is 0.170. The van der Waals surface area contributed by atoms with Crippen LogP contribution in [0, 0.1) is 5.21 Å². The van der Waals surface area contributed by atoms with E-state index in [1.165, 1.54) is 17.2 Å². The molecule has 0 radical (unpaired) electrons. The fraction of sp³-hybridized carbons (Fsp3) is 0.258. The molecule has 1 saturated heterocycles. The van der Waals surface area contributed by atoms with Crippen molar-refractivity contribution in [3.8, 4) is 0 Å². The average molecular weight is 566 g/mol. The highest BCUT2D eigenvalue weighted by Gasteiger charge is 2.34. The van der Waals surface area contributed by atoms with Crippen LogP contribution in [0.4, 0.5) is 17.6 Å². The van der Waals surface area contributed by atoms with Crippen molar-refractivity contribution in [2.45, 2.75) is 44.2 Å². The van der Waals surface area contributed by atoms with Gasteiger partial charge >= 0.3 is 0 Å². The number of halogens is 4. The summed E-state index contributed by atoms with van der Waals surface area (Å²) in [6.07, 6.45) is -3.60. The molecule has 3 aromatic carbocycles. The lowest BCUT2D eigenvalue weighted by Gasteiger charge is -2.40. The lowest BCUT2D eigenvalue weighted by atomic mass is 9.91. The Labute approximate surface area is 233 Å². The van der Waals surface area contributed by atoms with E-state index >= 15 is 0 Å². The predicted octanol–water partition coefficient (Wildman–Crippen LogP) is 5.99. The molecule has 1 aromatic heterocycles. The highest BCUT2D eigenvalue weighted by molar-refractivity contribution is 6.05. The molecule has 1 N–H and O–H groups in total. The molecular weight excluding hydrogens is 538 g/mol. The second-order valence-corrected chi connectivity index (χ2v) is 10.1. The minimum Gasteiger partial charge on any atom is -0.618 e. The number of hydrogen-bond donors (Lipinski definition) is 1. The zero-order chi connectivity index (χ0) is 29.1. The molecule has 5 rings (SSSR count). The fourth-order valence-corrected chi connectivity index (χ4v) is 5.41. The number of aromatic nitrogens is 1. The molecule has 2 amide bonds. The van der Waals surface area contributed by atoms with Gasteiger partial charge in [-0.05, 0) is 49.1 Å². The van der Waals surface area contributed by atoms with E-state index in [9.17, 15) is 32.4 Å². The monoisotopic (exact) mass is 565 g/mol. The van der Waals surface area contributed by atoms with Gasteiger partial charge in [-0.15, -0.1) is 0 Å². The summed E-state index contributed by atoms with van der Waals surface area (Å²) in [7, 11) is 0. The number of rotatable bonds is 7. The molecule has 2 atom stereocenters. The molecule has 212 valence electrons. The summed E-state index contributed by atoms with van der Waals surface area (Å²) >= 11 is 0. The molecule has 1 fully saturated rings. The van der Waals surface area contributed by atoms with Gasteiger partial charge in [0, 0.05) is 47.5 Å². The number of nitrogens with one attached hydrogen (secondary N) is 1. The van der Waals surface area contributed by atoms with Crippen LogP contribution in [0.1, 0.15) is 63.1 Å². The second-order valence-electron chi connectivity index (χ2n) is 10.1. The minimum absolute atomic E-state index is 0.181. The molecule has 2 heterocycles.